The summed E-state index contributed by atoms with van der Waals surface area (Å²) in [6.07, 6.45) is 5.84. The number of hydrogen-bond donors (Lipinski definition) is 2. The number of aromatic nitrogens is 8. The zero-order valence-electron chi connectivity index (χ0n) is 17.1. The van der Waals surface area contributed by atoms with Crippen LogP contribution in [0.25, 0.3) is 11.2 Å². The van der Waals surface area contributed by atoms with Gasteiger partial charge in [-0.3, -0.25) is 0 Å². The number of aliphatic hydroxyl groups is 1. The van der Waals surface area contributed by atoms with Crippen molar-refractivity contribution in [2.24, 2.45) is 0 Å². The Morgan fingerprint density at radius 1 is 1.28 bits per heavy atom. The molecule has 154 valence electrons. The van der Waals surface area contributed by atoms with E-state index in [0.29, 0.717) is 12.6 Å². The molecule has 0 spiro atoms. The summed E-state index contributed by atoms with van der Waals surface area (Å²) in [5.41, 5.74) is 1.46. The van der Waals surface area contributed by atoms with Crippen molar-refractivity contribution in [3.8, 4) is 0 Å². The van der Waals surface area contributed by atoms with Crippen LogP contribution in [0.3, 0.4) is 0 Å². The zero-order valence-corrected chi connectivity index (χ0v) is 17.1. The number of imidazole rings is 1. The lowest BCUT2D eigenvalue weighted by atomic mass is 9.91. The summed E-state index contributed by atoms with van der Waals surface area (Å²) in [6.45, 7) is 7.63. The Morgan fingerprint density at radius 2 is 2.10 bits per heavy atom. The second-order valence-electron chi connectivity index (χ2n) is 9.23. The van der Waals surface area contributed by atoms with Crippen LogP contribution in [0.1, 0.15) is 69.8 Å². The summed E-state index contributed by atoms with van der Waals surface area (Å²) in [4.78, 5) is 14.4. The minimum Gasteiger partial charge on any atom is -0.394 e. The maximum atomic E-state index is 10.3. The van der Waals surface area contributed by atoms with Crippen molar-refractivity contribution in [3.05, 3.63) is 23.7 Å². The Morgan fingerprint density at radius 3 is 2.76 bits per heavy atom. The monoisotopic (exact) mass is 397 g/mol. The van der Waals surface area contributed by atoms with Crippen LogP contribution in [0.5, 0.6) is 0 Å². The predicted molar refractivity (Wildman–Crippen MR) is 105 cm³/mol. The fraction of sp³-hybridized carbons (Fsp3) is 0.684. The molecule has 10 nitrogen and oxygen atoms in total. The van der Waals surface area contributed by atoms with Crippen molar-refractivity contribution in [3.63, 3.8) is 0 Å². The van der Waals surface area contributed by atoms with E-state index < -0.39 is 5.54 Å². The summed E-state index contributed by atoms with van der Waals surface area (Å²) < 4.78 is 3.90. The summed E-state index contributed by atoms with van der Waals surface area (Å²) >= 11 is 0. The van der Waals surface area contributed by atoms with Crippen molar-refractivity contribution in [2.45, 2.75) is 70.0 Å². The normalized spacial score (nSPS) is 22.6. The number of nitrogens with one attached hydrogen (secondary N) is 1. The molecule has 0 amide bonds. The lowest BCUT2D eigenvalue weighted by molar-refractivity contribution is 0.175. The molecule has 10 heteroatoms. The molecule has 0 unspecified atom stereocenters. The zero-order chi connectivity index (χ0) is 20.2. The minimum atomic E-state index is -0.573. The van der Waals surface area contributed by atoms with Crippen molar-refractivity contribution in [2.75, 3.05) is 13.2 Å². The first-order valence-corrected chi connectivity index (χ1v) is 10.3. The standard InChI is InChI=1S/C19H27N9O/c1-18(2,3)17-22-15(19(10-29)7-4-8-21-19)14-16(23-17)27(11-20-14)9-13-24-25-26-28(13)12-5-6-12/h11-12,21,29H,4-10H2,1-3H3/t19-/m0/s1. The Bertz CT molecular complexity index is 1040. The molecule has 2 fully saturated rings. The highest BCUT2D eigenvalue weighted by Gasteiger charge is 2.40. The minimum absolute atomic E-state index is 0.0184. The molecule has 5 rings (SSSR count). The van der Waals surface area contributed by atoms with Gasteiger partial charge < -0.3 is 15.0 Å². The van der Waals surface area contributed by atoms with Gasteiger partial charge in [0.2, 0.25) is 0 Å². The average molecular weight is 397 g/mol. The summed E-state index contributed by atoms with van der Waals surface area (Å²) in [5, 5.41) is 25.9. The highest BCUT2D eigenvalue weighted by Crippen LogP contribution is 2.36. The Kier molecular flexibility index (Phi) is 4.18. The van der Waals surface area contributed by atoms with E-state index in [-0.39, 0.29) is 12.0 Å². The number of tetrazole rings is 1. The molecule has 0 aromatic carbocycles. The second kappa shape index (κ2) is 6.53. The van der Waals surface area contributed by atoms with Crippen molar-refractivity contribution in [1.29, 1.82) is 0 Å². The van der Waals surface area contributed by atoms with E-state index >= 15 is 0 Å². The third kappa shape index (κ3) is 3.10. The molecule has 29 heavy (non-hydrogen) atoms. The van der Waals surface area contributed by atoms with Gasteiger partial charge in [-0.15, -0.1) is 5.10 Å². The van der Waals surface area contributed by atoms with Crippen LogP contribution in [0.4, 0.5) is 0 Å². The first-order valence-electron chi connectivity index (χ1n) is 10.3. The molecular formula is C19H27N9O. The third-order valence-electron chi connectivity index (χ3n) is 5.87. The molecule has 4 heterocycles. The van der Waals surface area contributed by atoms with Gasteiger partial charge in [0.15, 0.2) is 11.5 Å². The van der Waals surface area contributed by atoms with Gasteiger partial charge in [0.05, 0.1) is 36.8 Å². The summed E-state index contributed by atoms with van der Waals surface area (Å²) in [5.74, 6) is 1.55. The molecule has 3 aromatic rings. The Balaban J connectivity index is 1.65. The highest BCUT2D eigenvalue weighted by molar-refractivity contribution is 5.75. The van der Waals surface area contributed by atoms with Gasteiger partial charge in [0.1, 0.15) is 11.3 Å². The SMILES string of the molecule is CC(C)(C)c1nc([C@@]2(CO)CCCN2)c2ncn(Cc3nnnn3C3CC3)c2n1. The quantitative estimate of drug-likeness (QED) is 0.656. The maximum absolute atomic E-state index is 10.3. The van der Waals surface area contributed by atoms with Gasteiger partial charge in [-0.25, -0.2) is 19.6 Å². The lowest BCUT2D eigenvalue weighted by Crippen LogP contribution is -2.42. The van der Waals surface area contributed by atoms with Crippen LogP contribution in [-0.4, -0.2) is 58.0 Å². The number of hydrogen-bond acceptors (Lipinski definition) is 8. The number of rotatable bonds is 5. The molecule has 2 aliphatic rings. The van der Waals surface area contributed by atoms with E-state index in [1.54, 1.807) is 6.33 Å². The van der Waals surface area contributed by atoms with Gasteiger partial charge >= 0.3 is 0 Å². The van der Waals surface area contributed by atoms with Gasteiger partial charge in [0, 0.05) is 5.41 Å². The van der Waals surface area contributed by atoms with E-state index in [2.05, 4.69) is 46.6 Å². The van der Waals surface area contributed by atoms with Crippen LogP contribution in [0.15, 0.2) is 6.33 Å². The molecule has 2 N–H and O–H groups in total. The number of fused-ring (bicyclic) bond motifs is 1. The molecule has 3 aromatic heterocycles. The predicted octanol–water partition coefficient (Wildman–Crippen LogP) is 1.06. The molecule has 1 aliphatic carbocycles. The molecule has 1 saturated heterocycles. The Hall–Kier alpha value is -2.46. The van der Waals surface area contributed by atoms with Crippen LogP contribution in [0.2, 0.25) is 0 Å². The van der Waals surface area contributed by atoms with E-state index in [4.69, 9.17) is 9.97 Å². The highest BCUT2D eigenvalue weighted by atomic mass is 16.3. The first-order chi connectivity index (χ1) is 13.9. The largest absolute Gasteiger partial charge is 0.394 e. The van der Waals surface area contributed by atoms with Gasteiger partial charge in [-0.05, 0) is 42.7 Å². The smallest absolute Gasteiger partial charge is 0.171 e. The first kappa shape index (κ1) is 18.6. The Labute approximate surface area is 168 Å². The molecule has 1 saturated carbocycles. The van der Waals surface area contributed by atoms with Crippen molar-refractivity contribution >= 4 is 11.2 Å². The van der Waals surface area contributed by atoms with Crippen LogP contribution < -0.4 is 5.32 Å². The third-order valence-corrected chi connectivity index (χ3v) is 5.87. The van der Waals surface area contributed by atoms with Crippen LogP contribution in [0, 0.1) is 0 Å². The molecular weight excluding hydrogens is 370 g/mol. The number of aliphatic hydroxyl groups excluding tert-OH is 1. The van der Waals surface area contributed by atoms with E-state index in [1.165, 1.54) is 0 Å². The average Bonchev–Trinajstić information content (AvgIpc) is 3.09. The van der Waals surface area contributed by atoms with Crippen molar-refractivity contribution < 1.29 is 5.11 Å². The maximum Gasteiger partial charge on any atom is 0.171 e. The van der Waals surface area contributed by atoms with E-state index in [9.17, 15) is 5.11 Å². The van der Waals surface area contributed by atoms with E-state index in [0.717, 1.165) is 60.7 Å². The molecule has 1 atom stereocenters. The number of nitrogens with zero attached hydrogens (tertiary/aromatic N) is 8. The fourth-order valence-corrected chi connectivity index (χ4v) is 4.02. The van der Waals surface area contributed by atoms with Crippen molar-refractivity contribution in [1.82, 2.24) is 45.0 Å². The molecule has 0 radical (unpaired) electrons. The molecule has 1 aliphatic heterocycles. The molecule has 0 bridgehead atoms. The topological polar surface area (TPSA) is 119 Å². The second-order valence-corrected chi connectivity index (χ2v) is 9.23. The van der Waals surface area contributed by atoms with Crippen LogP contribution in [-0.2, 0) is 17.5 Å². The fourth-order valence-electron chi connectivity index (χ4n) is 4.02. The van der Waals surface area contributed by atoms with E-state index in [1.807, 2.05) is 9.25 Å². The van der Waals surface area contributed by atoms with Gasteiger partial charge in [-0.2, -0.15) is 0 Å². The lowest BCUT2D eigenvalue weighted by Gasteiger charge is -2.28. The van der Waals surface area contributed by atoms with Crippen LogP contribution >= 0.6 is 0 Å². The summed E-state index contributed by atoms with van der Waals surface area (Å²) in [6, 6.07) is 0.408. The van der Waals surface area contributed by atoms with Gasteiger partial charge in [0.25, 0.3) is 0 Å². The summed E-state index contributed by atoms with van der Waals surface area (Å²) in [7, 11) is 0. The van der Waals surface area contributed by atoms with Gasteiger partial charge in [-0.1, -0.05) is 20.8 Å².